The SMILES string of the molecule is CCCCCCCCCCCCCCCCCCSc1ccc(CC(=O)NN)cc1. The molecule has 1 aromatic rings. The maximum Gasteiger partial charge on any atom is 0.238 e. The van der Waals surface area contributed by atoms with E-state index in [1.54, 1.807) is 0 Å². The summed E-state index contributed by atoms with van der Waals surface area (Å²) in [6.45, 7) is 2.29. The minimum Gasteiger partial charge on any atom is -0.294 e. The normalized spacial score (nSPS) is 11.0. The van der Waals surface area contributed by atoms with Gasteiger partial charge in [-0.1, -0.05) is 115 Å². The van der Waals surface area contributed by atoms with Crippen LogP contribution >= 0.6 is 11.8 Å². The molecule has 0 radical (unpaired) electrons. The predicted octanol–water partition coefficient (Wildman–Crippen LogP) is 7.57. The lowest BCUT2D eigenvalue weighted by atomic mass is 10.0. The topological polar surface area (TPSA) is 55.1 Å². The van der Waals surface area contributed by atoms with Crippen molar-refractivity contribution in [3.63, 3.8) is 0 Å². The molecule has 1 amide bonds. The molecule has 0 fully saturated rings. The molecule has 30 heavy (non-hydrogen) atoms. The third kappa shape index (κ3) is 15.8. The second-order valence-electron chi connectivity index (χ2n) is 8.54. The van der Waals surface area contributed by atoms with Gasteiger partial charge in [-0.25, -0.2) is 5.84 Å². The van der Waals surface area contributed by atoms with Crippen LogP contribution in [0.2, 0.25) is 0 Å². The highest BCUT2D eigenvalue weighted by molar-refractivity contribution is 7.99. The second kappa shape index (κ2) is 19.9. The number of amides is 1. The molecule has 172 valence electrons. The number of hydrogen-bond acceptors (Lipinski definition) is 3. The maximum atomic E-state index is 11.3. The summed E-state index contributed by atoms with van der Waals surface area (Å²) in [6.07, 6.45) is 23.0. The van der Waals surface area contributed by atoms with Gasteiger partial charge < -0.3 is 0 Å². The molecule has 0 saturated heterocycles. The van der Waals surface area contributed by atoms with E-state index in [2.05, 4.69) is 24.5 Å². The van der Waals surface area contributed by atoms with Crippen molar-refractivity contribution in [2.75, 3.05) is 5.75 Å². The van der Waals surface area contributed by atoms with E-state index in [9.17, 15) is 4.79 Å². The highest BCUT2D eigenvalue weighted by atomic mass is 32.2. The number of hydrazine groups is 1. The summed E-state index contributed by atoms with van der Waals surface area (Å²) in [6, 6.07) is 8.25. The molecule has 0 heterocycles. The highest BCUT2D eigenvalue weighted by Gasteiger charge is 2.01. The quantitative estimate of drug-likeness (QED) is 0.0731. The number of carbonyl (C=O) groups excluding carboxylic acids is 1. The summed E-state index contributed by atoms with van der Waals surface area (Å²) in [5, 5.41) is 0. The van der Waals surface area contributed by atoms with Gasteiger partial charge >= 0.3 is 0 Å². The Morgan fingerprint density at radius 2 is 1.17 bits per heavy atom. The number of nitrogens with two attached hydrogens (primary N) is 1. The smallest absolute Gasteiger partial charge is 0.238 e. The van der Waals surface area contributed by atoms with Gasteiger partial charge in [0.1, 0.15) is 0 Å². The summed E-state index contributed by atoms with van der Waals surface area (Å²) in [4.78, 5) is 12.6. The number of unbranched alkanes of at least 4 members (excludes halogenated alkanes) is 15. The summed E-state index contributed by atoms with van der Waals surface area (Å²) < 4.78 is 0. The maximum absolute atomic E-state index is 11.3. The number of nitrogens with one attached hydrogen (secondary N) is 1. The molecule has 0 saturated carbocycles. The van der Waals surface area contributed by atoms with Gasteiger partial charge in [0.15, 0.2) is 0 Å². The van der Waals surface area contributed by atoms with Crippen LogP contribution in [0.1, 0.15) is 115 Å². The largest absolute Gasteiger partial charge is 0.294 e. The van der Waals surface area contributed by atoms with Crippen molar-refractivity contribution < 1.29 is 4.79 Å². The summed E-state index contributed by atoms with van der Waals surface area (Å²) in [5.74, 6) is 6.16. The molecule has 1 aromatic carbocycles. The third-order valence-electron chi connectivity index (χ3n) is 5.72. The zero-order chi connectivity index (χ0) is 21.7. The van der Waals surface area contributed by atoms with Crippen molar-refractivity contribution in [1.82, 2.24) is 5.43 Å². The lowest BCUT2D eigenvalue weighted by Gasteiger charge is -2.05. The van der Waals surface area contributed by atoms with E-state index in [0.29, 0.717) is 6.42 Å². The molecule has 0 aliphatic rings. The molecule has 3 N–H and O–H groups in total. The minimum absolute atomic E-state index is 0.149. The van der Waals surface area contributed by atoms with Gasteiger partial charge in [-0.15, -0.1) is 11.8 Å². The zero-order valence-corrected chi connectivity index (χ0v) is 20.2. The lowest BCUT2D eigenvalue weighted by Crippen LogP contribution is -2.31. The van der Waals surface area contributed by atoms with Crippen LogP contribution in [0.5, 0.6) is 0 Å². The average Bonchev–Trinajstić information content (AvgIpc) is 2.77. The zero-order valence-electron chi connectivity index (χ0n) is 19.4. The van der Waals surface area contributed by atoms with E-state index in [4.69, 9.17) is 5.84 Å². The van der Waals surface area contributed by atoms with Gasteiger partial charge in [-0.2, -0.15) is 0 Å². The van der Waals surface area contributed by atoms with Crippen LogP contribution in [0.3, 0.4) is 0 Å². The van der Waals surface area contributed by atoms with E-state index in [-0.39, 0.29) is 5.91 Å². The summed E-state index contributed by atoms with van der Waals surface area (Å²) >= 11 is 1.92. The molecule has 0 unspecified atom stereocenters. The monoisotopic (exact) mass is 434 g/mol. The minimum atomic E-state index is -0.149. The molecule has 1 rings (SSSR count). The van der Waals surface area contributed by atoms with E-state index in [1.807, 2.05) is 23.9 Å². The Kier molecular flexibility index (Phi) is 18.0. The molecule has 0 aromatic heterocycles. The number of benzene rings is 1. The van der Waals surface area contributed by atoms with Crippen LogP contribution < -0.4 is 11.3 Å². The first-order chi connectivity index (χ1) is 14.8. The fraction of sp³-hybridized carbons (Fsp3) is 0.731. The standard InChI is InChI=1S/C26H46N2OS/c1-2-3-4-5-6-7-8-9-10-11-12-13-14-15-16-17-22-30-25-20-18-24(19-21-25)23-26(29)28-27/h18-21H,2-17,22-23,27H2,1H3,(H,28,29). The van der Waals surface area contributed by atoms with Crippen LogP contribution in [0.4, 0.5) is 0 Å². The Labute approximate surface area is 190 Å². The summed E-state index contributed by atoms with van der Waals surface area (Å²) in [7, 11) is 0. The van der Waals surface area contributed by atoms with Crippen molar-refractivity contribution in [2.24, 2.45) is 5.84 Å². The lowest BCUT2D eigenvalue weighted by molar-refractivity contribution is -0.120. The predicted molar refractivity (Wildman–Crippen MR) is 133 cm³/mol. The average molecular weight is 435 g/mol. The fourth-order valence-corrected chi connectivity index (χ4v) is 4.69. The Morgan fingerprint density at radius 1 is 0.733 bits per heavy atom. The first-order valence-corrected chi connectivity index (χ1v) is 13.5. The summed E-state index contributed by atoms with van der Waals surface area (Å²) in [5.41, 5.74) is 3.18. The highest BCUT2D eigenvalue weighted by Crippen LogP contribution is 2.21. The Bertz CT molecular complexity index is 518. The van der Waals surface area contributed by atoms with Crippen LogP contribution in [-0.2, 0) is 11.2 Å². The van der Waals surface area contributed by atoms with Crippen molar-refractivity contribution >= 4 is 17.7 Å². The Balaban J connectivity index is 1.83. The van der Waals surface area contributed by atoms with E-state index < -0.39 is 0 Å². The molecule has 3 nitrogen and oxygen atoms in total. The van der Waals surface area contributed by atoms with Crippen molar-refractivity contribution in [3.8, 4) is 0 Å². The molecule has 4 heteroatoms. The molecule has 0 spiro atoms. The van der Waals surface area contributed by atoms with Crippen LogP contribution in [0, 0.1) is 0 Å². The molecule has 0 atom stereocenters. The Hall–Kier alpha value is -1.00. The van der Waals surface area contributed by atoms with Gasteiger partial charge in [0.2, 0.25) is 5.91 Å². The van der Waals surface area contributed by atoms with E-state index in [1.165, 1.54) is 113 Å². The molecule has 0 aliphatic carbocycles. The molecular weight excluding hydrogens is 388 g/mol. The molecule has 0 bridgehead atoms. The Morgan fingerprint density at radius 3 is 1.60 bits per heavy atom. The van der Waals surface area contributed by atoms with E-state index >= 15 is 0 Å². The number of rotatable bonds is 20. The second-order valence-corrected chi connectivity index (χ2v) is 9.71. The van der Waals surface area contributed by atoms with Crippen molar-refractivity contribution in [3.05, 3.63) is 29.8 Å². The third-order valence-corrected chi connectivity index (χ3v) is 6.81. The number of thioether (sulfide) groups is 1. The van der Waals surface area contributed by atoms with E-state index in [0.717, 1.165) is 5.56 Å². The first-order valence-electron chi connectivity index (χ1n) is 12.5. The van der Waals surface area contributed by atoms with Crippen molar-refractivity contribution in [2.45, 2.75) is 121 Å². The number of carbonyl (C=O) groups is 1. The fourth-order valence-electron chi connectivity index (χ4n) is 3.78. The van der Waals surface area contributed by atoms with Gasteiger partial charge in [-0.3, -0.25) is 10.2 Å². The van der Waals surface area contributed by atoms with Crippen LogP contribution in [0.15, 0.2) is 29.2 Å². The van der Waals surface area contributed by atoms with Gasteiger partial charge in [0.25, 0.3) is 0 Å². The first kappa shape index (κ1) is 27.0. The van der Waals surface area contributed by atoms with Gasteiger partial charge in [-0.05, 0) is 29.9 Å². The molecule has 0 aliphatic heterocycles. The van der Waals surface area contributed by atoms with Gasteiger partial charge in [0.05, 0.1) is 6.42 Å². The van der Waals surface area contributed by atoms with Crippen LogP contribution in [-0.4, -0.2) is 11.7 Å². The van der Waals surface area contributed by atoms with Gasteiger partial charge in [0, 0.05) is 4.90 Å². The number of hydrogen-bond donors (Lipinski definition) is 2. The van der Waals surface area contributed by atoms with Crippen molar-refractivity contribution in [1.29, 1.82) is 0 Å². The molecular formula is C26H46N2OS. The van der Waals surface area contributed by atoms with Crippen LogP contribution in [0.25, 0.3) is 0 Å².